The standard InChI is InChI=1S/C14H10BrClN2O3/c1-8-4-2-6-10(12(8)15)17-14(19)9-5-3-7-11(13(9)16)18(20)21/h2-7H,1H3,(H,17,19). The largest absolute Gasteiger partial charge is 0.321 e. The number of nitrogens with zero attached hydrogens (tertiary/aromatic N) is 1. The van der Waals surface area contributed by atoms with Crippen LogP contribution in [0, 0.1) is 17.0 Å². The average molecular weight is 370 g/mol. The highest BCUT2D eigenvalue weighted by molar-refractivity contribution is 9.10. The van der Waals surface area contributed by atoms with Crippen molar-refractivity contribution in [3.8, 4) is 0 Å². The first-order valence-corrected chi connectivity index (χ1v) is 7.08. The predicted octanol–water partition coefficient (Wildman–Crippen LogP) is 4.57. The van der Waals surface area contributed by atoms with E-state index in [2.05, 4.69) is 21.2 Å². The fourth-order valence-corrected chi connectivity index (χ4v) is 2.41. The molecule has 0 aliphatic rings. The molecule has 2 aromatic carbocycles. The maximum atomic E-state index is 12.2. The first kappa shape index (κ1) is 15.5. The third-order valence-corrected chi connectivity index (χ3v) is 4.31. The van der Waals surface area contributed by atoms with Crippen molar-refractivity contribution in [2.45, 2.75) is 6.92 Å². The Morgan fingerprint density at radius 3 is 2.62 bits per heavy atom. The maximum absolute atomic E-state index is 12.2. The number of aryl methyl sites for hydroxylation is 1. The van der Waals surface area contributed by atoms with Crippen LogP contribution in [0.2, 0.25) is 5.02 Å². The van der Waals surface area contributed by atoms with Gasteiger partial charge in [0.05, 0.1) is 16.2 Å². The Hall–Kier alpha value is -1.92. The fraction of sp³-hybridized carbons (Fsp3) is 0.0714. The summed E-state index contributed by atoms with van der Waals surface area (Å²) in [5.74, 6) is -0.505. The number of carbonyl (C=O) groups is 1. The molecule has 0 aliphatic heterocycles. The van der Waals surface area contributed by atoms with Gasteiger partial charge in [-0.2, -0.15) is 0 Å². The van der Waals surface area contributed by atoms with Gasteiger partial charge in [-0.25, -0.2) is 0 Å². The quantitative estimate of drug-likeness (QED) is 0.636. The molecule has 5 nitrogen and oxygen atoms in total. The third-order valence-electron chi connectivity index (χ3n) is 2.86. The molecule has 0 aliphatic carbocycles. The van der Waals surface area contributed by atoms with Crippen molar-refractivity contribution in [1.29, 1.82) is 0 Å². The molecule has 0 aromatic heterocycles. The maximum Gasteiger partial charge on any atom is 0.288 e. The molecule has 1 amide bonds. The first-order chi connectivity index (χ1) is 9.91. The van der Waals surface area contributed by atoms with Crippen LogP contribution in [0.3, 0.4) is 0 Å². The van der Waals surface area contributed by atoms with Gasteiger partial charge in [-0.3, -0.25) is 14.9 Å². The van der Waals surface area contributed by atoms with E-state index in [-0.39, 0.29) is 16.3 Å². The minimum atomic E-state index is -0.623. The number of hydrogen-bond acceptors (Lipinski definition) is 3. The van der Waals surface area contributed by atoms with Crippen LogP contribution in [-0.2, 0) is 0 Å². The summed E-state index contributed by atoms with van der Waals surface area (Å²) in [6.45, 7) is 1.89. The van der Waals surface area contributed by atoms with E-state index in [0.717, 1.165) is 10.0 Å². The third kappa shape index (κ3) is 3.22. The number of benzene rings is 2. The van der Waals surface area contributed by atoms with Crippen LogP contribution in [0.25, 0.3) is 0 Å². The second-order valence-electron chi connectivity index (χ2n) is 4.29. The molecule has 21 heavy (non-hydrogen) atoms. The number of nitro groups is 1. The van der Waals surface area contributed by atoms with Crippen LogP contribution in [-0.4, -0.2) is 10.8 Å². The van der Waals surface area contributed by atoms with E-state index in [1.165, 1.54) is 18.2 Å². The topological polar surface area (TPSA) is 72.2 Å². The molecule has 0 atom stereocenters. The molecule has 2 rings (SSSR count). The predicted molar refractivity (Wildman–Crippen MR) is 84.9 cm³/mol. The van der Waals surface area contributed by atoms with E-state index in [4.69, 9.17) is 11.6 Å². The van der Waals surface area contributed by atoms with Crippen LogP contribution in [0.5, 0.6) is 0 Å². The van der Waals surface area contributed by atoms with Gasteiger partial charge >= 0.3 is 0 Å². The van der Waals surface area contributed by atoms with Crippen LogP contribution < -0.4 is 5.32 Å². The first-order valence-electron chi connectivity index (χ1n) is 5.91. The summed E-state index contributed by atoms with van der Waals surface area (Å²) < 4.78 is 0.750. The normalized spacial score (nSPS) is 10.2. The second-order valence-corrected chi connectivity index (χ2v) is 5.46. The van der Waals surface area contributed by atoms with Gasteiger partial charge in [0, 0.05) is 10.5 Å². The minimum Gasteiger partial charge on any atom is -0.321 e. The molecular weight excluding hydrogens is 360 g/mol. The van der Waals surface area contributed by atoms with Crippen molar-refractivity contribution in [1.82, 2.24) is 0 Å². The van der Waals surface area contributed by atoms with Crippen LogP contribution in [0.15, 0.2) is 40.9 Å². The lowest BCUT2D eigenvalue weighted by Crippen LogP contribution is -2.13. The van der Waals surface area contributed by atoms with Crippen molar-refractivity contribution >= 4 is 44.8 Å². The number of carbonyl (C=O) groups excluding carboxylic acids is 1. The van der Waals surface area contributed by atoms with Gasteiger partial charge in [-0.1, -0.05) is 29.8 Å². The Kier molecular flexibility index (Phi) is 4.59. The molecule has 0 radical (unpaired) electrons. The highest BCUT2D eigenvalue weighted by Gasteiger charge is 2.20. The van der Waals surface area contributed by atoms with Gasteiger partial charge in [0.25, 0.3) is 11.6 Å². The monoisotopic (exact) mass is 368 g/mol. The molecule has 0 unspecified atom stereocenters. The van der Waals surface area contributed by atoms with Gasteiger partial charge in [-0.15, -0.1) is 0 Å². The molecule has 7 heteroatoms. The summed E-state index contributed by atoms with van der Waals surface area (Å²) in [7, 11) is 0. The lowest BCUT2D eigenvalue weighted by atomic mass is 10.1. The van der Waals surface area contributed by atoms with Gasteiger partial charge in [0.1, 0.15) is 5.02 Å². The molecule has 0 saturated carbocycles. The summed E-state index contributed by atoms with van der Waals surface area (Å²) in [4.78, 5) is 22.4. The lowest BCUT2D eigenvalue weighted by Gasteiger charge is -2.10. The molecule has 0 saturated heterocycles. The molecular formula is C14H10BrClN2O3. The van der Waals surface area contributed by atoms with Gasteiger partial charge in [-0.05, 0) is 40.5 Å². The number of nitrogens with one attached hydrogen (secondary N) is 1. The molecule has 0 bridgehead atoms. The van der Waals surface area contributed by atoms with E-state index < -0.39 is 10.8 Å². The van der Waals surface area contributed by atoms with Crippen molar-refractivity contribution in [2.24, 2.45) is 0 Å². The van der Waals surface area contributed by atoms with Crippen LogP contribution in [0.4, 0.5) is 11.4 Å². The van der Waals surface area contributed by atoms with Crippen molar-refractivity contribution in [2.75, 3.05) is 5.32 Å². The van der Waals surface area contributed by atoms with E-state index >= 15 is 0 Å². The molecule has 108 valence electrons. The number of hydrogen-bond donors (Lipinski definition) is 1. The molecule has 0 heterocycles. The van der Waals surface area contributed by atoms with E-state index in [9.17, 15) is 14.9 Å². The highest BCUT2D eigenvalue weighted by Crippen LogP contribution is 2.30. The summed E-state index contributed by atoms with van der Waals surface area (Å²) in [6.07, 6.45) is 0. The zero-order valence-electron chi connectivity index (χ0n) is 10.9. The Morgan fingerprint density at radius 1 is 1.29 bits per heavy atom. The highest BCUT2D eigenvalue weighted by atomic mass is 79.9. The second kappa shape index (κ2) is 6.24. The number of nitro benzene ring substituents is 1. The van der Waals surface area contributed by atoms with Gasteiger partial charge < -0.3 is 5.32 Å². The lowest BCUT2D eigenvalue weighted by molar-refractivity contribution is -0.384. The van der Waals surface area contributed by atoms with Crippen molar-refractivity contribution in [3.05, 3.63) is 67.1 Å². The Morgan fingerprint density at radius 2 is 1.95 bits per heavy atom. The Bertz CT molecular complexity index is 734. The molecule has 2 aromatic rings. The van der Waals surface area contributed by atoms with Crippen LogP contribution in [0.1, 0.15) is 15.9 Å². The number of halogens is 2. The molecule has 0 fully saturated rings. The zero-order chi connectivity index (χ0) is 15.6. The number of anilines is 1. The van der Waals surface area contributed by atoms with Gasteiger partial charge in [0.15, 0.2) is 0 Å². The minimum absolute atomic E-state index is 0.0549. The van der Waals surface area contributed by atoms with Crippen molar-refractivity contribution < 1.29 is 9.72 Å². The molecule has 1 N–H and O–H groups in total. The zero-order valence-corrected chi connectivity index (χ0v) is 13.2. The summed E-state index contributed by atoms with van der Waals surface area (Å²) in [5, 5.41) is 13.3. The van der Waals surface area contributed by atoms with E-state index in [1.54, 1.807) is 12.1 Å². The summed E-state index contributed by atoms with van der Waals surface area (Å²) in [5.41, 5.74) is 1.28. The summed E-state index contributed by atoms with van der Waals surface area (Å²) in [6, 6.07) is 9.52. The van der Waals surface area contributed by atoms with E-state index in [0.29, 0.717) is 5.69 Å². The number of rotatable bonds is 3. The smallest absolute Gasteiger partial charge is 0.288 e. The average Bonchev–Trinajstić information content (AvgIpc) is 2.43. The fourth-order valence-electron chi connectivity index (χ4n) is 1.77. The van der Waals surface area contributed by atoms with E-state index in [1.807, 2.05) is 13.0 Å². The summed E-state index contributed by atoms with van der Waals surface area (Å²) >= 11 is 9.30. The van der Waals surface area contributed by atoms with Crippen LogP contribution >= 0.6 is 27.5 Å². The Balaban J connectivity index is 2.35. The Labute approximate surface area is 134 Å². The number of amides is 1. The molecule has 0 spiro atoms. The van der Waals surface area contributed by atoms with Crippen molar-refractivity contribution in [3.63, 3.8) is 0 Å². The SMILES string of the molecule is Cc1cccc(NC(=O)c2cccc([N+](=O)[O-])c2Cl)c1Br. The van der Waals surface area contributed by atoms with Gasteiger partial charge in [0.2, 0.25) is 0 Å².